The molecule has 1 fully saturated rings. The fourth-order valence-electron chi connectivity index (χ4n) is 2.20. The van der Waals surface area contributed by atoms with E-state index in [1.807, 2.05) is 6.07 Å². The van der Waals surface area contributed by atoms with Crippen molar-refractivity contribution in [3.8, 4) is 0 Å². The van der Waals surface area contributed by atoms with Gasteiger partial charge in [0.25, 0.3) is 0 Å². The second-order valence-electron chi connectivity index (χ2n) is 5.04. The van der Waals surface area contributed by atoms with Crippen molar-refractivity contribution in [1.29, 1.82) is 0 Å². The van der Waals surface area contributed by atoms with E-state index in [-0.39, 0.29) is 0 Å². The van der Waals surface area contributed by atoms with Crippen LogP contribution in [0.4, 0.5) is 5.69 Å². The number of likely N-dealkylation sites (N-methyl/N-ethyl adjacent to an activating group) is 2. The van der Waals surface area contributed by atoms with Gasteiger partial charge >= 0.3 is 0 Å². The van der Waals surface area contributed by atoms with Crippen molar-refractivity contribution in [1.82, 2.24) is 9.80 Å². The van der Waals surface area contributed by atoms with Gasteiger partial charge in [0, 0.05) is 51.2 Å². The normalized spacial score (nSPS) is 17.7. The molecular weight excluding hydrogens is 222 g/mol. The summed E-state index contributed by atoms with van der Waals surface area (Å²) in [6.45, 7) is 9.76. The molecular formula is C15H23N3. The lowest BCUT2D eigenvalue weighted by molar-refractivity contribution is 0.163. The molecule has 0 amide bonds. The smallest absolute Gasteiger partial charge is 0.0405 e. The predicted molar refractivity (Wildman–Crippen MR) is 77.9 cm³/mol. The van der Waals surface area contributed by atoms with E-state index >= 15 is 0 Å². The quantitative estimate of drug-likeness (QED) is 0.802. The third kappa shape index (κ3) is 3.34. The van der Waals surface area contributed by atoms with Gasteiger partial charge in [-0.1, -0.05) is 24.8 Å². The van der Waals surface area contributed by atoms with Gasteiger partial charge in [-0.2, -0.15) is 0 Å². The number of benzene rings is 1. The molecule has 0 aromatic heterocycles. The molecule has 1 aromatic rings. The van der Waals surface area contributed by atoms with Gasteiger partial charge in [-0.05, 0) is 19.2 Å². The molecule has 1 aromatic carbocycles. The molecule has 1 aliphatic rings. The van der Waals surface area contributed by atoms with Crippen LogP contribution in [0, 0.1) is 0 Å². The van der Waals surface area contributed by atoms with E-state index in [0.29, 0.717) is 0 Å². The molecule has 0 unspecified atom stereocenters. The summed E-state index contributed by atoms with van der Waals surface area (Å²) in [5.41, 5.74) is 2.36. The Morgan fingerprint density at radius 1 is 1.17 bits per heavy atom. The number of rotatable bonds is 4. The first-order valence-electron chi connectivity index (χ1n) is 6.54. The number of nitrogens with zero attached hydrogens (tertiary/aromatic N) is 3. The molecule has 0 aliphatic carbocycles. The van der Waals surface area contributed by atoms with Crippen molar-refractivity contribution >= 4 is 5.69 Å². The lowest BCUT2D eigenvalue weighted by Gasteiger charge is -2.34. The summed E-state index contributed by atoms with van der Waals surface area (Å²) in [5.74, 6) is 0. The van der Waals surface area contributed by atoms with Crippen LogP contribution in [0.15, 0.2) is 42.6 Å². The molecule has 98 valence electrons. The molecule has 0 atom stereocenters. The zero-order valence-corrected chi connectivity index (χ0v) is 11.5. The van der Waals surface area contributed by atoms with Crippen LogP contribution in [-0.4, -0.2) is 56.6 Å². The predicted octanol–water partition coefficient (Wildman–Crippen LogP) is 1.88. The van der Waals surface area contributed by atoms with Crippen molar-refractivity contribution in [2.75, 3.05) is 51.7 Å². The van der Waals surface area contributed by atoms with Crippen LogP contribution in [0.2, 0.25) is 0 Å². The third-order valence-corrected chi connectivity index (χ3v) is 3.62. The second kappa shape index (κ2) is 6.03. The molecule has 3 nitrogen and oxygen atoms in total. The van der Waals surface area contributed by atoms with Crippen molar-refractivity contribution in [2.24, 2.45) is 0 Å². The first kappa shape index (κ1) is 13.1. The zero-order chi connectivity index (χ0) is 13.0. The van der Waals surface area contributed by atoms with Crippen LogP contribution >= 0.6 is 0 Å². The fourth-order valence-corrected chi connectivity index (χ4v) is 2.20. The number of anilines is 1. The minimum absolute atomic E-state index is 0.958. The van der Waals surface area contributed by atoms with Crippen LogP contribution < -0.4 is 4.90 Å². The number of hydrogen-bond donors (Lipinski definition) is 0. The van der Waals surface area contributed by atoms with Gasteiger partial charge in [-0.15, -0.1) is 0 Å². The summed E-state index contributed by atoms with van der Waals surface area (Å²) in [7, 11) is 4.27. The monoisotopic (exact) mass is 245 g/mol. The SMILES string of the molecule is C=C(CN1CCN(C)CC1)N(C)c1ccccc1. The fraction of sp³-hybridized carbons (Fsp3) is 0.467. The molecule has 18 heavy (non-hydrogen) atoms. The van der Waals surface area contributed by atoms with Crippen molar-refractivity contribution in [3.63, 3.8) is 0 Å². The average molecular weight is 245 g/mol. The van der Waals surface area contributed by atoms with E-state index in [1.165, 1.54) is 5.69 Å². The first-order chi connectivity index (χ1) is 8.66. The van der Waals surface area contributed by atoms with Gasteiger partial charge in [0.15, 0.2) is 0 Å². The van der Waals surface area contributed by atoms with E-state index < -0.39 is 0 Å². The minimum Gasteiger partial charge on any atom is -0.347 e. The van der Waals surface area contributed by atoms with Crippen molar-refractivity contribution in [3.05, 3.63) is 42.6 Å². The van der Waals surface area contributed by atoms with Gasteiger partial charge in [-0.3, -0.25) is 4.90 Å². The molecule has 0 N–H and O–H groups in total. The van der Waals surface area contributed by atoms with E-state index in [0.717, 1.165) is 38.4 Å². The summed E-state index contributed by atoms with van der Waals surface area (Å²) in [5, 5.41) is 0. The Kier molecular flexibility index (Phi) is 4.39. The number of para-hydroxylation sites is 1. The lowest BCUT2D eigenvalue weighted by Crippen LogP contribution is -2.46. The minimum atomic E-state index is 0.958. The standard InChI is InChI=1S/C15H23N3/c1-14(13-18-11-9-16(2)10-12-18)17(3)15-7-5-4-6-8-15/h4-8H,1,9-13H2,2-3H3. The van der Waals surface area contributed by atoms with Gasteiger partial charge in [-0.25, -0.2) is 0 Å². The van der Waals surface area contributed by atoms with Crippen LogP contribution in [-0.2, 0) is 0 Å². The lowest BCUT2D eigenvalue weighted by atomic mass is 10.2. The molecule has 0 radical (unpaired) electrons. The topological polar surface area (TPSA) is 9.72 Å². The molecule has 0 spiro atoms. The van der Waals surface area contributed by atoms with Crippen molar-refractivity contribution in [2.45, 2.75) is 0 Å². The van der Waals surface area contributed by atoms with Gasteiger partial charge < -0.3 is 9.80 Å². The Morgan fingerprint density at radius 3 is 2.39 bits per heavy atom. The first-order valence-corrected chi connectivity index (χ1v) is 6.54. The summed E-state index contributed by atoms with van der Waals surface area (Å²) in [6.07, 6.45) is 0. The highest BCUT2D eigenvalue weighted by atomic mass is 15.3. The van der Waals surface area contributed by atoms with Crippen LogP contribution in [0.3, 0.4) is 0 Å². The van der Waals surface area contributed by atoms with E-state index in [4.69, 9.17) is 0 Å². The highest BCUT2D eigenvalue weighted by molar-refractivity contribution is 5.50. The summed E-state index contributed by atoms with van der Waals surface area (Å²) in [4.78, 5) is 7.03. The zero-order valence-electron chi connectivity index (χ0n) is 11.5. The highest BCUT2D eigenvalue weighted by Gasteiger charge is 2.15. The molecule has 1 saturated heterocycles. The van der Waals surface area contributed by atoms with Crippen LogP contribution in [0.25, 0.3) is 0 Å². The van der Waals surface area contributed by atoms with Gasteiger partial charge in [0.2, 0.25) is 0 Å². The summed E-state index contributed by atoms with van der Waals surface area (Å²) in [6, 6.07) is 10.4. The maximum Gasteiger partial charge on any atom is 0.0405 e. The Bertz CT molecular complexity index is 380. The van der Waals surface area contributed by atoms with Gasteiger partial charge in [0.05, 0.1) is 0 Å². The number of piperazine rings is 1. The Balaban J connectivity index is 1.88. The maximum atomic E-state index is 4.21. The van der Waals surface area contributed by atoms with E-state index in [2.05, 4.69) is 59.6 Å². The molecule has 1 aliphatic heterocycles. The Labute approximate surface area is 110 Å². The molecule has 0 bridgehead atoms. The molecule has 2 rings (SSSR count). The highest BCUT2D eigenvalue weighted by Crippen LogP contribution is 2.16. The maximum absolute atomic E-state index is 4.21. The van der Waals surface area contributed by atoms with E-state index in [1.54, 1.807) is 0 Å². The summed E-state index contributed by atoms with van der Waals surface area (Å²) < 4.78 is 0. The average Bonchev–Trinajstić information content (AvgIpc) is 2.41. The third-order valence-electron chi connectivity index (χ3n) is 3.62. The van der Waals surface area contributed by atoms with E-state index in [9.17, 15) is 0 Å². The van der Waals surface area contributed by atoms with Gasteiger partial charge in [0.1, 0.15) is 0 Å². The molecule has 3 heteroatoms. The van der Waals surface area contributed by atoms with Crippen molar-refractivity contribution < 1.29 is 0 Å². The Hall–Kier alpha value is -1.32. The van der Waals surface area contributed by atoms with Crippen LogP contribution in [0.5, 0.6) is 0 Å². The summed E-state index contributed by atoms with van der Waals surface area (Å²) >= 11 is 0. The second-order valence-corrected chi connectivity index (χ2v) is 5.04. The molecule has 0 saturated carbocycles. The Morgan fingerprint density at radius 2 is 1.78 bits per heavy atom. The molecule has 1 heterocycles. The largest absolute Gasteiger partial charge is 0.347 e. The van der Waals surface area contributed by atoms with Crippen LogP contribution in [0.1, 0.15) is 0 Å². The number of hydrogen-bond acceptors (Lipinski definition) is 3.